The van der Waals surface area contributed by atoms with Gasteiger partial charge in [-0.05, 0) is 35.4 Å². The molecule has 9 heteroatoms. The molecular formula is C23H21N3O5S. The van der Waals surface area contributed by atoms with Crippen LogP contribution in [0.1, 0.15) is 15.2 Å². The Morgan fingerprint density at radius 3 is 2.69 bits per heavy atom. The summed E-state index contributed by atoms with van der Waals surface area (Å²) in [6.07, 6.45) is 1.32. The number of carbonyl (C=O) groups is 2. The van der Waals surface area contributed by atoms with E-state index >= 15 is 0 Å². The molecular weight excluding hydrogens is 430 g/mol. The largest absolute Gasteiger partial charge is 0.459 e. The highest BCUT2D eigenvalue weighted by Gasteiger charge is 2.21. The molecule has 0 aliphatic carbocycles. The van der Waals surface area contributed by atoms with Gasteiger partial charge in [0.25, 0.3) is 5.56 Å². The Bertz CT molecular complexity index is 1380. The van der Waals surface area contributed by atoms with Gasteiger partial charge in [0.2, 0.25) is 5.91 Å². The summed E-state index contributed by atoms with van der Waals surface area (Å²) in [6, 6.07) is 13.5. The van der Waals surface area contributed by atoms with E-state index in [1.54, 1.807) is 6.92 Å². The van der Waals surface area contributed by atoms with E-state index in [9.17, 15) is 14.4 Å². The average molecular weight is 452 g/mol. The fourth-order valence-corrected chi connectivity index (χ4v) is 4.41. The van der Waals surface area contributed by atoms with Crippen molar-refractivity contribution in [1.29, 1.82) is 0 Å². The minimum Gasteiger partial charge on any atom is -0.459 e. The number of amides is 1. The predicted molar refractivity (Wildman–Crippen MR) is 123 cm³/mol. The Hall–Kier alpha value is -3.56. The highest BCUT2D eigenvalue weighted by molar-refractivity contribution is 7.20. The van der Waals surface area contributed by atoms with E-state index in [2.05, 4.69) is 10.3 Å². The molecule has 0 spiro atoms. The molecule has 1 amide bonds. The third-order valence-electron chi connectivity index (χ3n) is 4.97. The summed E-state index contributed by atoms with van der Waals surface area (Å²) in [6.45, 7) is 1.88. The van der Waals surface area contributed by atoms with Crippen LogP contribution < -0.4 is 10.9 Å². The van der Waals surface area contributed by atoms with Gasteiger partial charge < -0.3 is 14.8 Å². The van der Waals surface area contributed by atoms with Crippen LogP contribution in [0, 0.1) is 6.92 Å². The summed E-state index contributed by atoms with van der Waals surface area (Å²) >= 11 is 1.10. The number of ether oxygens (including phenoxy) is 2. The lowest BCUT2D eigenvalue weighted by molar-refractivity contribution is -0.116. The summed E-state index contributed by atoms with van der Waals surface area (Å²) in [5.74, 6) is -0.877. The quantitative estimate of drug-likeness (QED) is 0.342. The standard InChI is InChI=1S/C23H21N3O5S/c1-14-19-21(32-20(14)23(29)31-10-9-30-2)24-13-26(22(19)28)12-18(27)25-17-8-7-15-5-3-4-6-16(15)11-17/h3-8,11,13H,9-10,12H2,1-2H3,(H,25,27). The van der Waals surface area contributed by atoms with Crippen LogP contribution in [0.25, 0.3) is 21.0 Å². The first-order chi connectivity index (χ1) is 15.5. The maximum atomic E-state index is 13.0. The summed E-state index contributed by atoms with van der Waals surface area (Å²) in [5, 5.41) is 5.20. The first-order valence-corrected chi connectivity index (χ1v) is 10.7. The third kappa shape index (κ3) is 4.39. The average Bonchev–Trinajstić information content (AvgIpc) is 3.13. The molecule has 4 rings (SSSR count). The van der Waals surface area contributed by atoms with Gasteiger partial charge >= 0.3 is 5.97 Å². The van der Waals surface area contributed by atoms with Crippen LogP contribution in [-0.2, 0) is 20.8 Å². The molecule has 0 fully saturated rings. The molecule has 4 aromatic rings. The second-order valence-corrected chi connectivity index (χ2v) is 8.15. The lowest BCUT2D eigenvalue weighted by Crippen LogP contribution is -2.27. The molecule has 2 heterocycles. The van der Waals surface area contributed by atoms with Crippen LogP contribution in [0.3, 0.4) is 0 Å². The fourth-order valence-electron chi connectivity index (χ4n) is 3.37. The van der Waals surface area contributed by atoms with Gasteiger partial charge in [0.15, 0.2) is 0 Å². The summed E-state index contributed by atoms with van der Waals surface area (Å²) in [5.41, 5.74) is 0.756. The highest BCUT2D eigenvalue weighted by Crippen LogP contribution is 2.27. The number of esters is 1. The first kappa shape index (κ1) is 21.7. The lowest BCUT2D eigenvalue weighted by Gasteiger charge is -2.08. The van der Waals surface area contributed by atoms with E-state index in [1.165, 1.54) is 18.0 Å². The Kier molecular flexibility index (Phi) is 6.29. The van der Waals surface area contributed by atoms with Gasteiger partial charge in [-0.25, -0.2) is 9.78 Å². The Morgan fingerprint density at radius 2 is 1.91 bits per heavy atom. The summed E-state index contributed by atoms with van der Waals surface area (Å²) in [7, 11) is 1.51. The molecule has 32 heavy (non-hydrogen) atoms. The molecule has 0 aliphatic heterocycles. The summed E-state index contributed by atoms with van der Waals surface area (Å²) < 4.78 is 11.3. The molecule has 8 nitrogen and oxygen atoms in total. The van der Waals surface area contributed by atoms with E-state index < -0.39 is 5.97 Å². The number of rotatable bonds is 7. The van der Waals surface area contributed by atoms with Gasteiger partial charge in [0.1, 0.15) is 22.9 Å². The molecule has 164 valence electrons. The third-order valence-corrected chi connectivity index (χ3v) is 6.15. The van der Waals surface area contributed by atoms with E-state index in [4.69, 9.17) is 9.47 Å². The zero-order chi connectivity index (χ0) is 22.7. The van der Waals surface area contributed by atoms with Crippen molar-refractivity contribution in [3.05, 3.63) is 69.6 Å². The van der Waals surface area contributed by atoms with Crippen LogP contribution in [-0.4, -0.2) is 41.8 Å². The van der Waals surface area contributed by atoms with Crippen LogP contribution >= 0.6 is 11.3 Å². The molecule has 0 unspecified atom stereocenters. The maximum absolute atomic E-state index is 13.0. The van der Waals surface area contributed by atoms with Crippen molar-refractivity contribution < 1.29 is 19.1 Å². The second-order valence-electron chi connectivity index (χ2n) is 7.15. The van der Waals surface area contributed by atoms with Crippen LogP contribution in [0.5, 0.6) is 0 Å². The van der Waals surface area contributed by atoms with Crippen LogP contribution in [0.4, 0.5) is 5.69 Å². The Morgan fingerprint density at radius 1 is 1.12 bits per heavy atom. The molecule has 0 bridgehead atoms. The number of hydrogen-bond donors (Lipinski definition) is 1. The van der Waals surface area contributed by atoms with E-state index in [0.29, 0.717) is 26.3 Å². The van der Waals surface area contributed by atoms with Gasteiger partial charge in [-0.15, -0.1) is 11.3 Å². The molecule has 1 N–H and O–H groups in total. The number of carbonyl (C=O) groups excluding carboxylic acids is 2. The topological polar surface area (TPSA) is 99.5 Å². The van der Waals surface area contributed by atoms with Crippen molar-refractivity contribution in [3.63, 3.8) is 0 Å². The number of nitrogens with one attached hydrogen (secondary N) is 1. The Labute approximate surface area is 187 Å². The van der Waals surface area contributed by atoms with Crippen molar-refractivity contribution in [3.8, 4) is 0 Å². The SMILES string of the molecule is COCCOC(=O)c1sc2ncn(CC(=O)Nc3ccc4ccccc4c3)c(=O)c2c1C. The zero-order valence-electron chi connectivity index (χ0n) is 17.6. The molecule has 0 radical (unpaired) electrons. The first-order valence-electron chi connectivity index (χ1n) is 9.91. The number of benzene rings is 2. The van der Waals surface area contributed by atoms with Gasteiger partial charge in [-0.2, -0.15) is 0 Å². The zero-order valence-corrected chi connectivity index (χ0v) is 18.4. The molecule has 0 aliphatic rings. The number of fused-ring (bicyclic) bond motifs is 2. The number of aryl methyl sites for hydroxylation is 1. The number of anilines is 1. The fraction of sp³-hybridized carbons (Fsp3) is 0.217. The molecule has 0 saturated heterocycles. The van der Waals surface area contributed by atoms with Gasteiger partial charge in [-0.3, -0.25) is 14.2 Å². The van der Waals surface area contributed by atoms with Crippen molar-refractivity contribution in [2.24, 2.45) is 0 Å². The number of nitrogens with zero attached hydrogens (tertiary/aromatic N) is 2. The van der Waals surface area contributed by atoms with Crippen LogP contribution in [0.2, 0.25) is 0 Å². The monoisotopic (exact) mass is 451 g/mol. The van der Waals surface area contributed by atoms with Gasteiger partial charge in [0, 0.05) is 12.8 Å². The van der Waals surface area contributed by atoms with Crippen molar-refractivity contribution >= 4 is 49.9 Å². The number of hydrogen-bond acceptors (Lipinski definition) is 7. The van der Waals surface area contributed by atoms with Crippen molar-refractivity contribution in [1.82, 2.24) is 9.55 Å². The van der Waals surface area contributed by atoms with E-state index in [1.807, 2.05) is 42.5 Å². The molecule has 2 aromatic heterocycles. The number of thiophene rings is 1. The van der Waals surface area contributed by atoms with E-state index in [0.717, 1.165) is 22.1 Å². The lowest BCUT2D eigenvalue weighted by atomic mass is 10.1. The molecule has 0 saturated carbocycles. The molecule has 0 atom stereocenters. The smallest absolute Gasteiger partial charge is 0.348 e. The minimum atomic E-state index is -0.525. The van der Waals surface area contributed by atoms with Crippen molar-refractivity contribution in [2.45, 2.75) is 13.5 Å². The minimum absolute atomic E-state index is 0.121. The van der Waals surface area contributed by atoms with Gasteiger partial charge in [0.05, 0.1) is 18.3 Å². The predicted octanol–water partition coefficient (Wildman–Crippen LogP) is 3.36. The highest BCUT2D eigenvalue weighted by atomic mass is 32.1. The van der Waals surface area contributed by atoms with Gasteiger partial charge in [-0.1, -0.05) is 30.3 Å². The maximum Gasteiger partial charge on any atom is 0.348 e. The summed E-state index contributed by atoms with van der Waals surface area (Å²) in [4.78, 5) is 42.9. The Balaban J connectivity index is 1.54. The number of methoxy groups -OCH3 is 1. The second kappa shape index (κ2) is 9.29. The van der Waals surface area contributed by atoms with Crippen LogP contribution in [0.15, 0.2) is 53.6 Å². The van der Waals surface area contributed by atoms with E-state index in [-0.39, 0.29) is 31.2 Å². The normalized spacial score (nSPS) is 11.1. The number of aromatic nitrogens is 2. The molecule has 2 aromatic carbocycles. The van der Waals surface area contributed by atoms with Crippen molar-refractivity contribution in [2.75, 3.05) is 25.6 Å².